The number of hydrogen-bond donors (Lipinski definition) is 1. The van der Waals surface area contributed by atoms with Gasteiger partial charge in [0.1, 0.15) is 0 Å². The van der Waals surface area contributed by atoms with Gasteiger partial charge in [0.2, 0.25) is 0 Å². The zero-order chi connectivity index (χ0) is 27.2. The van der Waals surface area contributed by atoms with Gasteiger partial charge in [-0.1, -0.05) is 61.5 Å². The molecule has 0 bridgehead atoms. The van der Waals surface area contributed by atoms with E-state index in [9.17, 15) is 4.79 Å². The smallest absolute Gasteiger partial charge is 0.261 e. The molecule has 5 nitrogen and oxygen atoms in total. The Morgan fingerprint density at radius 2 is 1.79 bits per heavy atom. The molecular formula is C29H28ClFN4OS2. The molecule has 38 heavy (non-hydrogen) atoms. The summed E-state index contributed by atoms with van der Waals surface area (Å²) in [6, 6.07) is 20.5. The molecule has 1 amide bonds. The van der Waals surface area contributed by atoms with E-state index in [-0.39, 0.29) is 10.9 Å². The van der Waals surface area contributed by atoms with Crippen LogP contribution in [0.4, 0.5) is 4.39 Å². The van der Waals surface area contributed by atoms with Gasteiger partial charge in [-0.3, -0.25) is 14.2 Å². The van der Waals surface area contributed by atoms with Gasteiger partial charge in [0.05, 0.1) is 22.4 Å². The molecule has 9 heteroatoms. The highest BCUT2D eigenvalue weighted by Gasteiger charge is 2.22. The molecule has 0 spiro atoms. The van der Waals surface area contributed by atoms with Crippen molar-refractivity contribution in [3.63, 3.8) is 0 Å². The van der Waals surface area contributed by atoms with E-state index in [0.717, 1.165) is 31.5 Å². The summed E-state index contributed by atoms with van der Waals surface area (Å²) >= 11 is 8.93. The molecule has 0 saturated heterocycles. The molecule has 2 aromatic heterocycles. The maximum absolute atomic E-state index is 15.3. The molecule has 0 aliphatic heterocycles. The standard InChI is InChI=1S/C27H22ClFN4OS2.C2H6/c1-3-32-16-19(15-30-32)33-17(2)26(22-12-13-23(28)24(29)25(22)33)35-21-11-7-8-18(14-21)27(34)31-36-20-9-5-4-6-10-20;1-2/h4-16H,3H2,1-2H3,(H,31,34);1-2H3. The second-order valence-corrected chi connectivity index (χ2v) is 10.4. The highest BCUT2D eigenvalue weighted by molar-refractivity contribution is 7.99. The predicted octanol–water partition coefficient (Wildman–Crippen LogP) is 8.56. The average molecular weight is 567 g/mol. The number of fused-ring (bicyclic) bond motifs is 1. The first kappa shape index (κ1) is 27.8. The summed E-state index contributed by atoms with van der Waals surface area (Å²) in [5.74, 6) is -0.658. The van der Waals surface area contributed by atoms with Gasteiger partial charge >= 0.3 is 0 Å². The second-order valence-electron chi connectivity index (χ2n) is 8.04. The summed E-state index contributed by atoms with van der Waals surface area (Å²) in [5.41, 5.74) is 2.58. The third-order valence-electron chi connectivity index (χ3n) is 5.72. The Balaban J connectivity index is 0.00000164. The fourth-order valence-corrected chi connectivity index (χ4v) is 5.83. The third kappa shape index (κ3) is 5.77. The van der Waals surface area contributed by atoms with Gasteiger partial charge in [-0.05, 0) is 68.3 Å². The van der Waals surface area contributed by atoms with Crippen molar-refractivity contribution >= 4 is 52.1 Å². The zero-order valence-corrected chi connectivity index (χ0v) is 23.9. The van der Waals surface area contributed by atoms with Crippen molar-refractivity contribution in [2.24, 2.45) is 0 Å². The van der Waals surface area contributed by atoms with Crippen LogP contribution in [-0.2, 0) is 6.54 Å². The van der Waals surface area contributed by atoms with Crippen molar-refractivity contribution in [3.8, 4) is 5.69 Å². The normalized spacial score (nSPS) is 10.8. The van der Waals surface area contributed by atoms with Gasteiger partial charge in [-0.2, -0.15) is 5.10 Å². The van der Waals surface area contributed by atoms with E-state index in [4.69, 9.17) is 11.6 Å². The minimum atomic E-state index is -0.473. The number of nitrogens with zero attached hydrogens (tertiary/aromatic N) is 3. The van der Waals surface area contributed by atoms with Crippen LogP contribution >= 0.6 is 35.3 Å². The van der Waals surface area contributed by atoms with E-state index in [2.05, 4.69) is 9.82 Å². The number of benzene rings is 3. The van der Waals surface area contributed by atoms with Gasteiger partial charge in [0, 0.05) is 44.1 Å². The Morgan fingerprint density at radius 3 is 2.50 bits per heavy atom. The number of hydrogen-bond acceptors (Lipinski definition) is 4. The summed E-state index contributed by atoms with van der Waals surface area (Å²) < 4.78 is 21.9. The highest BCUT2D eigenvalue weighted by Crippen LogP contribution is 2.42. The van der Waals surface area contributed by atoms with Crippen molar-refractivity contribution in [1.82, 2.24) is 19.1 Å². The number of halogens is 2. The maximum Gasteiger partial charge on any atom is 0.261 e. The largest absolute Gasteiger partial charge is 0.307 e. The quantitative estimate of drug-likeness (QED) is 0.200. The predicted molar refractivity (Wildman–Crippen MR) is 156 cm³/mol. The molecule has 5 aromatic rings. The van der Waals surface area contributed by atoms with Crippen molar-refractivity contribution in [2.45, 2.75) is 48.9 Å². The summed E-state index contributed by atoms with van der Waals surface area (Å²) in [6.45, 7) is 8.66. The molecular weight excluding hydrogens is 539 g/mol. The lowest BCUT2D eigenvalue weighted by molar-refractivity contribution is 0.0984. The molecule has 1 N–H and O–H groups in total. The molecule has 0 fully saturated rings. The first-order valence-electron chi connectivity index (χ1n) is 12.3. The van der Waals surface area contributed by atoms with Crippen LogP contribution in [0.2, 0.25) is 5.02 Å². The van der Waals surface area contributed by atoms with E-state index in [1.165, 1.54) is 23.7 Å². The molecule has 0 saturated carbocycles. The minimum Gasteiger partial charge on any atom is -0.307 e. The number of aromatic nitrogens is 3. The molecule has 5 rings (SSSR count). The van der Waals surface area contributed by atoms with E-state index in [1.54, 1.807) is 23.0 Å². The number of nitrogens with one attached hydrogen (secondary N) is 1. The molecule has 0 unspecified atom stereocenters. The fourth-order valence-electron chi connectivity index (χ4n) is 3.97. The summed E-state index contributed by atoms with van der Waals surface area (Å²) in [7, 11) is 0. The maximum atomic E-state index is 15.3. The Bertz CT molecular complexity index is 1570. The summed E-state index contributed by atoms with van der Waals surface area (Å²) in [5, 5.41) is 5.18. The molecule has 0 atom stereocenters. The first-order valence-corrected chi connectivity index (χ1v) is 14.3. The van der Waals surface area contributed by atoms with Crippen molar-refractivity contribution in [1.29, 1.82) is 0 Å². The van der Waals surface area contributed by atoms with Gasteiger partial charge in [-0.25, -0.2) is 4.39 Å². The molecule has 2 heterocycles. The van der Waals surface area contributed by atoms with Gasteiger partial charge < -0.3 is 4.57 Å². The lowest BCUT2D eigenvalue weighted by Crippen LogP contribution is -2.15. The number of amides is 1. The summed E-state index contributed by atoms with van der Waals surface area (Å²) in [4.78, 5) is 15.5. The van der Waals surface area contributed by atoms with Gasteiger partial charge in [0.15, 0.2) is 5.82 Å². The van der Waals surface area contributed by atoms with E-state index >= 15 is 4.39 Å². The van der Waals surface area contributed by atoms with Crippen LogP contribution < -0.4 is 4.72 Å². The number of aryl methyl sites for hydroxylation is 1. The lowest BCUT2D eigenvalue weighted by atomic mass is 10.2. The topological polar surface area (TPSA) is 51.9 Å². The van der Waals surface area contributed by atoms with Crippen LogP contribution in [0.25, 0.3) is 16.6 Å². The Labute approximate surface area is 235 Å². The van der Waals surface area contributed by atoms with Crippen molar-refractivity contribution in [3.05, 3.63) is 101 Å². The minimum absolute atomic E-state index is 0.0651. The fraction of sp³-hybridized carbons (Fsp3) is 0.172. The van der Waals surface area contributed by atoms with E-state index in [0.29, 0.717) is 17.6 Å². The number of carbonyl (C=O) groups excluding carboxylic acids is 1. The molecule has 3 aromatic carbocycles. The van der Waals surface area contributed by atoms with Crippen LogP contribution in [0.3, 0.4) is 0 Å². The van der Waals surface area contributed by atoms with Crippen LogP contribution in [0.1, 0.15) is 36.8 Å². The van der Waals surface area contributed by atoms with Gasteiger partial charge in [0.25, 0.3) is 5.91 Å². The molecule has 0 aliphatic rings. The monoisotopic (exact) mass is 566 g/mol. The first-order chi connectivity index (χ1) is 18.5. The van der Waals surface area contributed by atoms with Gasteiger partial charge in [-0.15, -0.1) is 0 Å². The van der Waals surface area contributed by atoms with Crippen molar-refractivity contribution in [2.75, 3.05) is 0 Å². The highest BCUT2D eigenvalue weighted by atomic mass is 35.5. The van der Waals surface area contributed by atoms with Crippen LogP contribution in [0, 0.1) is 12.7 Å². The molecule has 0 aliphatic carbocycles. The molecule has 196 valence electrons. The Hall–Kier alpha value is -3.20. The number of rotatable bonds is 7. The van der Waals surface area contributed by atoms with E-state index in [1.807, 2.05) is 93.1 Å². The van der Waals surface area contributed by atoms with Crippen LogP contribution in [-0.4, -0.2) is 20.3 Å². The Morgan fingerprint density at radius 1 is 1.05 bits per heavy atom. The lowest BCUT2D eigenvalue weighted by Gasteiger charge is -2.08. The summed E-state index contributed by atoms with van der Waals surface area (Å²) in [6.07, 6.45) is 3.61. The SMILES string of the molecule is CC.CCn1cc(-n2c(C)c(Sc3cccc(C(=O)NSc4ccccc4)c3)c3ccc(Cl)c(F)c32)cn1. The zero-order valence-electron chi connectivity index (χ0n) is 21.5. The third-order valence-corrected chi connectivity index (χ3v) is 8.02. The van der Waals surface area contributed by atoms with E-state index < -0.39 is 5.82 Å². The average Bonchev–Trinajstić information content (AvgIpc) is 3.54. The van der Waals surface area contributed by atoms with Crippen LogP contribution in [0.15, 0.2) is 93.8 Å². The number of carbonyl (C=O) groups is 1. The second kappa shape index (κ2) is 12.6. The van der Waals surface area contributed by atoms with Crippen LogP contribution in [0.5, 0.6) is 0 Å². The molecule has 0 radical (unpaired) electrons. The van der Waals surface area contributed by atoms with Crippen molar-refractivity contribution < 1.29 is 9.18 Å². The Kier molecular flexibility index (Phi) is 9.20.